The molecule has 3 amide bonds. The third-order valence-electron chi connectivity index (χ3n) is 4.20. The average Bonchev–Trinajstić information content (AvgIpc) is 2.61. The number of nitrogens with one attached hydrogen (secondary N) is 1. The van der Waals surface area contributed by atoms with Crippen molar-refractivity contribution >= 4 is 17.6 Å². The van der Waals surface area contributed by atoms with Gasteiger partial charge in [-0.2, -0.15) is 0 Å². The maximum absolute atomic E-state index is 12.2. The molecule has 1 saturated heterocycles. The van der Waals surface area contributed by atoms with Crippen LogP contribution in [-0.4, -0.2) is 67.6 Å². The Morgan fingerprint density at radius 1 is 1.04 bits per heavy atom. The van der Waals surface area contributed by atoms with Crippen LogP contribution in [0.3, 0.4) is 0 Å². The topological polar surface area (TPSA) is 55.9 Å². The lowest BCUT2D eigenvalue weighted by molar-refractivity contribution is -0.130. The van der Waals surface area contributed by atoms with Gasteiger partial charge in [-0.05, 0) is 26.0 Å². The Labute approximate surface area is 138 Å². The molecule has 126 valence electrons. The number of carbonyl (C=O) groups excluding carboxylic acids is 2. The van der Waals surface area contributed by atoms with Crippen molar-refractivity contribution in [3.8, 4) is 0 Å². The van der Waals surface area contributed by atoms with Crippen molar-refractivity contribution in [2.45, 2.75) is 13.8 Å². The van der Waals surface area contributed by atoms with Crippen molar-refractivity contribution in [3.05, 3.63) is 30.3 Å². The quantitative estimate of drug-likeness (QED) is 0.892. The van der Waals surface area contributed by atoms with Gasteiger partial charge in [0.25, 0.3) is 0 Å². The molecule has 0 aliphatic carbocycles. The van der Waals surface area contributed by atoms with Crippen LogP contribution in [0.15, 0.2) is 30.3 Å². The fourth-order valence-electron chi connectivity index (χ4n) is 2.74. The molecule has 1 aromatic carbocycles. The third-order valence-corrected chi connectivity index (χ3v) is 4.20. The number of amides is 3. The smallest absolute Gasteiger partial charge is 0.317 e. The minimum absolute atomic E-state index is 0.0155. The van der Waals surface area contributed by atoms with E-state index in [1.807, 2.05) is 36.9 Å². The molecule has 0 spiro atoms. The first-order valence-corrected chi connectivity index (χ1v) is 8.26. The maximum Gasteiger partial charge on any atom is 0.317 e. The van der Waals surface area contributed by atoms with Gasteiger partial charge in [0.15, 0.2) is 0 Å². The molecular formula is C17H26N4O2. The van der Waals surface area contributed by atoms with Gasteiger partial charge >= 0.3 is 6.03 Å². The van der Waals surface area contributed by atoms with Crippen LogP contribution in [0.5, 0.6) is 0 Å². The zero-order valence-electron chi connectivity index (χ0n) is 14.0. The Hall–Kier alpha value is -2.24. The molecule has 0 unspecified atom stereocenters. The number of anilines is 1. The number of nitrogens with zero attached hydrogens (tertiary/aromatic N) is 3. The monoisotopic (exact) mass is 318 g/mol. The minimum atomic E-state index is -0.175. The highest BCUT2D eigenvalue weighted by molar-refractivity contribution is 5.84. The lowest BCUT2D eigenvalue weighted by Crippen LogP contribution is -2.52. The molecule has 1 fully saturated rings. The molecule has 1 heterocycles. The fraction of sp³-hybridized carbons (Fsp3) is 0.529. The SMILES string of the molecule is CCN(CC)C(=O)NCC(=O)N1CCN(c2ccccc2)CC1. The molecule has 2 rings (SSSR count). The number of piperazine rings is 1. The first-order chi connectivity index (χ1) is 11.2. The second-order valence-corrected chi connectivity index (χ2v) is 5.53. The second-order valence-electron chi connectivity index (χ2n) is 5.53. The molecule has 6 nitrogen and oxygen atoms in total. The highest BCUT2D eigenvalue weighted by atomic mass is 16.2. The summed E-state index contributed by atoms with van der Waals surface area (Å²) in [5, 5.41) is 2.71. The van der Waals surface area contributed by atoms with E-state index < -0.39 is 0 Å². The molecule has 6 heteroatoms. The summed E-state index contributed by atoms with van der Waals surface area (Å²) < 4.78 is 0. The van der Waals surface area contributed by atoms with E-state index in [4.69, 9.17) is 0 Å². The zero-order valence-corrected chi connectivity index (χ0v) is 14.0. The molecule has 0 bridgehead atoms. The molecule has 1 N–H and O–H groups in total. The van der Waals surface area contributed by atoms with E-state index >= 15 is 0 Å². The van der Waals surface area contributed by atoms with Gasteiger partial charge in [0.2, 0.25) is 5.91 Å². The first kappa shape index (κ1) is 17.1. The normalized spacial score (nSPS) is 14.5. The van der Waals surface area contributed by atoms with Crippen molar-refractivity contribution < 1.29 is 9.59 Å². The van der Waals surface area contributed by atoms with Crippen molar-refractivity contribution in [1.82, 2.24) is 15.1 Å². The predicted molar refractivity (Wildman–Crippen MR) is 91.6 cm³/mol. The van der Waals surface area contributed by atoms with Gasteiger partial charge < -0.3 is 20.0 Å². The van der Waals surface area contributed by atoms with Gasteiger partial charge in [-0.1, -0.05) is 18.2 Å². The van der Waals surface area contributed by atoms with Crippen LogP contribution in [0.4, 0.5) is 10.5 Å². The maximum atomic E-state index is 12.2. The average molecular weight is 318 g/mol. The van der Waals surface area contributed by atoms with Gasteiger partial charge in [0.1, 0.15) is 0 Å². The molecule has 1 aromatic rings. The van der Waals surface area contributed by atoms with Crippen molar-refractivity contribution in [1.29, 1.82) is 0 Å². The fourth-order valence-corrected chi connectivity index (χ4v) is 2.74. The molecule has 0 radical (unpaired) electrons. The Bertz CT molecular complexity index is 509. The van der Waals surface area contributed by atoms with Crippen LogP contribution in [0.1, 0.15) is 13.8 Å². The molecule has 1 aliphatic rings. The van der Waals surface area contributed by atoms with E-state index in [1.54, 1.807) is 4.90 Å². The standard InChI is InChI=1S/C17H26N4O2/c1-3-19(4-2)17(23)18-14-16(22)21-12-10-20(11-13-21)15-8-6-5-7-9-15/h5-9H,3-4,10-14H2,1-2H3,(H,18,23). The number of urea groups is 1. The number of para-hydroxylation sites is 1. The summed E-state index contributed by atoms with van der Waals surface area (Å²) in [5.74, 6) is -0.0155. The Balaban J connectivity index is 1.76. The third kappa shape index (κ3) is 4.61. The summed E-state index contributed by atoms with van der Waals surface area (Å²) in [5.41, 5.74) is 1.19. The Kier molecular flexibility index (Phi) is 6.26. The zero-order chi connectivity index (χ0) is 16.7. The van der Waals surface area contributed by atoms with E-state index in [1.165, 1.54) is 5.69 Å². The molecule has 23 heavy (non-hydrogen) atoms. The Morgan fingerprint density at radius 3 is 2.22 bits per heavy atom. The van der Waals surface area contributed by atoms with Gasteiger partial charge in [0.05, 0.1) is 6.54 Å². The summed E-state index contributed by atoms with van der Waals surface area (Å²) in [6.45, 7) is 8.23. The van der Waals surface area contributed by atoms with Crippen LogP contribution >= 0.6 is 0 Å². The predicted octanol–water partition coefficient (Wildman–Crippen LogP) is 1.39. The number of carbonyl (C=O) groups is 2. The van der Waals surface area contributed by atoms with Crippen molar-refractivity contribution in [2.75, 3.05) is 50.7 Å². The lowest BCUT2D eigenvalue weighted by Gasteiger charge is -2.36. The second kappa shape index (κ2) is 8.41. The van der Waals surface area contributed by atoms with Gasteiger partial charge in [-0.25, -0.2) is 4.79 Å². The molecule has 0 atom stereocenters. The van der Waals surface area contributed by atoms with Crippen LogP contribution in [0, 0.1) is 0 Å². The number of hydrogen-bond donors (Lipinski definition) is 1. The van der Waals surface area contributed by atoms with Gasteiger partial charge in [-0.15, -0.1) is 0 Å². The summed E-state index contributed by atoms with van der Waals surface area (Å²) in [6.07, 6.45) is 0. The first-order valence-electron chi connectivity index (χ1n) is 8.26. The summed E-state index contributed by atoms with van der Waals surface area (Å²) in [6, 6.07) is 10.0. The van der Waals surface area contributed by atoms with Crippen molar-refractivity contribution in [2.24, 2.45) is 0 Å². The summed E-state index contributed by atoms with van der Waals surface area (Å²) >= 11 is 0. The van der Waals surface area contributed by atoms with Crippen LogP contribution in [-0.2, 0) is 4.79 Å². The molecule has 0 aromatic heterocycles. The highest BCUT2D eigenvalue weighted by Gasteiger charge is 2.21. The van der Waals surface area contributed by atoms with E-state index in [0.717, 1.165) is 13.1 Å². The van der Waals surface area contributed by atoms with Crippen LogP contribution in [0.25, 0.3) is 0 Å². The number of rotatable bonds is 5. The van der Waals surface area contributed by atoms with E-state index in [2.05, 4.69) is 22.3 Å². The van der Waals surface area contributed by atoms with E-state index in [-0.39, 0.29) is 18.5 Å². The van der Waals surface area contributed by atoms with E-state index in [9.17, 15) is 9.59 Å². The summed E-state index contributed by atoms with van der Waals surface area (Å²) in [7, 11) is 0. The highest BCUT2D eigenvalue weighted by Crippen LogP contribution is 2.15. The van der Waals surface area contributed by atoms with Crippen LogP contribution < -0.4 is 10.2 Å². The van der Waals surface area contributed by atoms with Crippen LogP contribution in [0.2, 0.25) is 0 Å². The van der Waals surface area contributed by atoms with Crippen molar-refractivity contribution in [3.63, 3.8) is 0 Å². The molecule has 1 aliphatic heterocycles. The number of hydrogen-bond acceptors (Lipinski definition) is 3. The minimum Gasteiger partial charge on any atom is -0.368 e. The molecular weight excluding hydrogens is 292 g/mol. The van der Waals surface area contributed by atoms with Gasteiger partial charge in [0, 0.05) is 45.0 Å². The largest absolute Gasteiger partial charge is 0.368 e. The van der Waals surface area contributed by atoms with Gasteiger partial charge in [-0.3, -0.25) is 4.79 Å². The number of benzene rings is 1. The lowest BCUT2D eigenvalue weighted by atomic mass is 10.2. The molecule has 0 saturated carbocycles. The Morgan fingerprint density at radius 2 is 1.65 bits per heavy atom. The summed E-state index contributed by atoms with van der Waals surface area (Å²) in [4.78, 5) is 29.8. The van der Waals surface area contributed by atoms with E-state index in [0.29, 0.717) is 26.2 Å².